The minimum absolute atomic E-state index is 0.0284. The summed E-state index contributed by atoms with van der Waals surface area (Å²) in [7, 11) is 0. The van der Waals surface area contributed by atoms with E-state index in [1.807, 2.05) is 30.3 Å². The number of hydrogen-bond acceptors (Lipinski definition) is 3. The van der Waals surface area contributed by atoms with E-state index in [0.29, 0.717) is 42.3 Å². The van der Waals surface area contributed by atoms with Gasteiger partial charge in [0.1, 0.15) is 5.75 Å². The van der Waals surface area contributed by atoms with E-state index in [2.05, 4.69) is 5.32 Å². The molecule has 0 aromatic heterocycles. The van der Waals surface area contributed by atoms with Gasteiger partial charge in [0.2, 0.25) is 0 Å². The first-order chi connectivity index (χ1) is 12.6. The molecule has 2 amide bonds. The predicted molar refractivity (Wildman–Crippen MR) is 100 cm³/mol. The maximum absolute atomic E-state index is 12.3. The van der Waals surface area contributed by atoms with Crippen molar-refractivity contribution >= 4 is 23.4 Å². The van der Waals surface area contributed by atoms with Crippen molar-refractivity contribution in [2.24, 2.45) is 0 Å². The summed E-state index contributed by atoms with van der Waals surface area (Å²) >= 11 is 6.06. The lowest BCUT2D eigenvalue weighted by Crippen LogP contribution is -2.47. The first kappa shape index (κ1) is 18.3. The van der Waals surface area contributed by atoms with Gasteiger partial charge in [0, 0.05) is 19.1 Å². The maximum Gasteiger partial charge on any atom is 0.260 e. The summed E-state index contributed by atoms with van der Waals surface area (Å²) in [5, 5.41) is 3.44. The van der Waals surface area contributed by atoms with Gasteiger partial charge in [-0.3, -0.25) is 9.59 Å². The van der Waals surface area contributed by atoms with Crippen molar-refractivity contribution in [2.75, 3.05) is 19.7 Å². The molecule has 2 aromatic carbocycles. The number of halogens is 1. The van der Waals surface area contributed by atoms with Crippen LogP contribution in [0, 0.1) is 0 Å². The Kier molecular flexibility index (Phi) is 6.12. The SMILES string of the molecule is O=C(NC1CCN(C(=O)COc2ccccc2)CC1)c1ccccc1Cl. The quantitative estimate of drug-likeness (QED) is 0.877. The van der Waals surface area contributed by atoms with Crippen molar-refractivity contribution in [3.05, 3.63) is 65.2 Å². The Labute approximate surface area is 157 Å². The molecule has 1 aliphatic rings. The van der Waals surface area contributed by atoms with Crippen molar-refractivity contribution in [3.63, 3.8) is 0 Å². The van der Waals surface area contributed by atoms with Crippen LogP contribution in [0.5, 0.6) is 5.75 Å². The number of carbonyl (C=O) groups excluding carboxylic acids is 2. The molecule has 5 nitrogen and oxygen atoms in total. The lowest BCUT2D eigenvalue weighted by atomic mass is 10.0. The normalized spacial score (nSPS) is 14.7. The Morgan fingerprint density at radius 3 is 2.38 bits per heavy atom. The highest BCUT2D eigenvalue weighted by molar-refractivity contribution is 6.33. The lowest BCUT2D eigenvalue weighted by molar-refractivity contribution is -0.134. The molecule has 0 unspecified atom stereocenters. The van der Waals surface area contributed by atoms with E-state index in [1.165, 1.54) is 0 Å². The van der Waals surface area contributed by atoms with Crippen LogP contribution < -0.4 is 10.1 Å². The number of rotatable bonds is 5. The number of carbonyl (C=O) groups is 2. The monoisotopic (exact) mass is 372 g/mol. The third-order valence-electron chi connectivity index (χ3n) is 4.41. The molecular formula is C20H21ClN2O3. The Morgan fingerprint density at radius 1 is 1.04 bits per heavy atom. The third kappa shape index (κ3) is 4.76. The zero-order chi connectivity index (χ0) is 18.4. The molecule has 2 aromatic rings. The van der Waals surface area contributed by atoms with Gasteiger partial charge in [0.15, 0.2) is 6.61 Å². The van der Waals surface area contributed by atoms with Gasteiger partial charge in [-0.05, 0) is 37.1 Å². The zero-order valence-corrected chi connectivity index (χ0v) is 15.1. The van der Waals surface area contributed by atoms with Gasteiger partial charge in [-0.2, -0.15) is 0 Å². The molecule has 1 N–H and O–H groups in total. The van der Waals surface area contributed by atoms with Crippen LogP contribution in [0.3, 0.4) is 0 Å². The number of piperidine rings is 1. The van der Waals surface area contributed by atoms with Crippen LogP contribution in [-0.2, 0) is 4.79 Å². The van der Waals surface area contributed by atoms with Gasteiger partial charge < -0.3 is 15.0 Å². The summed E-state index contributed by atoms with van der Waals surface area (Å²) in [5.41, 5.74) is 0.476. The maximum atomic E-state index is 12.3. The third-order valence-corrected chi connectivity index (χ3v) is 4.74. The molecule has 0 spiro atoms. The molecule has 0 saturated carbocycles. The number of nitrogens with zero attached hydrogens (tertiary/aromatic N) is 1. The lowest BCUT2D eigenvalue weighted by Gasteiger charge is -2.32. The van der Waals surface area contributed by atoms with Crippen LogP contribution in [0.2, 0.25) is 5.02 Å². The second kappa shape index (κ2) is 8.72. The molecule has 1 heterocycles. The first-order valence-electron chi connectivity index (χ1n) is 8.64. The fourth-order valence-corrected chi connectivity index (χ4v) is 3.16. The Bertz CT molecular complexity index is 759. The van der Waals surface area contributed by atoms with E-state index < -0.39 is 0 Å². The van der Waals surface area contributed by atoms with Crippen LogP contribution in [0.15, 0.2) is 54.6 Å². The number of ether oxygens (including phenoxy) is 1. The van der Waals surface area contributed by atoms with Crippen molar-refractivity contribution in [3.8, 4) is 5.75 Å². The standard InChI is InChI=1S/C20H21ClN2O3/c21-18-9-5-4-8-17(18)20(25)22-15-10-12-23(13-11-15)19(24)14-26-16-6-2-1-3-7-16/h1-9,15H,10-14H2,(H,22,25). The van der Waals surface area contributed by atoms with E-state index >= 15 is 0 Å². The van der Waals surface area contributed by atoms with E-state index in [4.69, 9.17) is 16.3 Å². The van der Waals surface area contributed by atoms with Crippen LogP contribution >= 0.6 is 11.6 Å². The van der Waals surface area contributed by atoms with E-state index in [-0.39, 0.29) is 24.5 Å². The summed E-state index contributed by atoms with van der Waals surface area (Å²) in [6.07, 6.45) is 1.43. The number of amides is 2. The highest BCUT2D eigenvalue weighted by Crippen LogP contribution is 2.17. The molecule has 0 radical (unpaired) electrons. The molecular weight excluding hydrogens is 352 g/mol. The molecule has 3 rings (SSSR count). The van der Waals surface area contributed by atoms with Crippen LogP contribution in [0.25, 0.3) is 0 Å². The molecule has 1 aliphatic heterocycles. The molecule has 0 aliphatic carbocycles. The van der Waals surface area contributed by atoms with Gasteiger partial charge in [-0.15, -0.1) is 0 Å². The molecule has 1 saturated heterocycles. The second-order valence-corrected chi connectivity index (χ2v) is 6.62. The minimum Gasteiger partial charge on any atom is -0.484 e. The largest absolute Gasteiger partial charge is 0.484 e. The summed E-state index contributed by atoms with van der Waals surface area (Å²) < 4.78 is 5.51. The fourth-order valence-electron chi connectivity index (χ4n) is 2.93. The highest BCUT2D eigenvalue weighted by Gasteiger charge is 2.24. The first-order valence-corrected chi connectivity index (χ1v) is 9.02. The Hall–Kier alpha value is -2.53. The average molecular weight is 373 g/mol. The molecule has 136 valence electrons. The Balaban J connectivity index is 1.44. The van der Waals surface area contributed by atoms with E-state index in [1.54, 1.807) is 29.2 Å². The minimum atomic E-state index is -0.173. The number of nitrogens with one attached hydrogen (secondary N) is 1. The summed E-state index contributed by atoms with van der Waals surface area (Å²) in [6.45, 7) is 1.23. The van der Waals surface area contributed by atoms with Gasteiger partial charge in [-0.25, -0.2) is 0 Å². The summed E-state index contributed by atoms with van der Waals surface area (Å²) in [5.74, 6) is 0.472. The van der Waals surface area contributed by atoms with Crippen molar-refractivity contribution in [1.29, 1.82) is 0 Å². The van der Waals surface area contributed by atoms with Crippen LogP contribution in [0.4, 0.5) is 0 Å². The highest BCUT2D eigenvalue weighted by atomic mass is 35.5. The van der Waals surface area contributed by atoms with Gasteiger partial charge in [0.25, 0.3) is 11.8 Å². The summed E-state index contributed by atoms with van der Waals surface area (Å²) in [4.78, 5) is 26.4. The molecule has 1 fully saturated rings. The van der Waals surface area contributed by atoms with Crippen molar-refractivity contribution in [2.45, 2.75) is 18.9 Å². The van der Waals surface area contributed by atoms with Crippen molar-refractivity contribution < 1.29 is 14.3 Å². The zero-order valence-electron chi connectivity index (χ0n) is 14.4. The van der Waals surface area contributed by atoms with Crippen molar-refractivity contribution in [1.82, 2.24) is 10.2 Å². The predicted octanol–water partition coefficient (Wildman–Crippen LogP) is 3.14. The number of benzene rings is 2. The number of likely N-dealkylation sites (tertiary alicyclic amines) is 1. The average Bonchev–Trinajstić information content (AvgIpc) is 2.68. The molecule has 0 atom stereocenters. The number of para-hydroxylation sites is 1. The van der Waals surface area contributed by atoms with Gasteiger partial charge >= 0.3 is 0 Å². The Morgan fingerprint density at radius 2 is 1.69 bits per heavy atom. The van der Waals surface area contributed by atoms with E-state index in [0.717, 1.165) is 0 Å². The summed E-state index contributed by atoms with van der Waals surface area (Å²) in [6, 6.07) is 16.3. The fraction of sp³-hybridized carbons (Fsp3) is 0.300. The molecule has 6 heteroatoms. The smallest absolute Gasteiger partial charge is 0.260 e. The van der Waals surface area contributed by atoms with E-state index in [9.17, 15) is 9.59 Å². The second-order valence-electron chi connectivity index (χ2n) is 6.21. The molecule has 0 bridgehead atoms. The van der Waals surface area contributed by atoms with Crippen LogP contribution in [0.1, 0.15) is 23.2 Å². The molecule has 26 heavy (non-hydrogen) atoms. The number of hydrogen-bond donors (Lipinski definition) is 1. The van der Waals surface area contributed by atoms with Gasteiger partial charge in [-0.1, -0.05) is 41.9 Å². The van der Waals surface area contributed by atoms with Crippen LogP contribution in [-0.4, -0.2) is 42.5 Å². The topological polar surface area (TPSA) is 58.6 Å². The van der Waals surface area contributed by atoms with Gasteiger partial charge in [0.05, 0.1) is 10.6 Å².